The van der Waals surface area contributed by atoms with Gasteiger partial charge in [-0.25, -0.2) is 4.79 Å². The second-order valence-corrected chi connectivity index (χ2v) is 9.35. The maximum Gasteiger partial charge on any atom is 0.326 e. The van der Waals surface area contributed by atoms with Gasteiger partial charge in [0.2, 0.25) is 17.7 Å². The standard InChI is InChI=1S/C27H37N7O7/c28-19(15-35)23(37)32-20(7-4-12-31-27(29)30)24(38)33-21(13-16-5-2-1-3-6-16)25(39)34-22(26(40)41)14-17-8-10-18(36)11-9-17/h1-3,5-6,8-11,19-22,35-36H,4,7,12-15,28H2,(H,32,37)(H,33,38)(H,34,39)(H,40,41)(H4,29,30,31)/t19-,20-,21-,22-/m0/s1. The van der Waals surface area contributed by atoms with E-state index >= 15 is 0 Å². The molecule has 0 aliphatic heterocycles. The Bertz CT molecular complexity index is 1180. The van der Waals surface area contributed by atoms with E-state index in [4.69, 9.17) is 16.9 Å². The van der Waals surface area contributed by atoms with Crippen LogP contribution >= 0.6 is 0 Å². The molecule has 0 fully saturated rings. The van der Waals surface area contributed by atoms with Crippen molar-refractivity contribution in [1.82, 2.24) is 21.3 Å². The maximum atomic E-state index is 13.4. The Morgan fingerprint density at radius 1 is 0.805 bits per heavy atom. The summed E-state index contributed by atoms with van der Waals surface area (Å²) in [6, 6.07) is 9.64. The lowest BCUT2D eigenvalue weighted by Gasteiger charge is -2.25. The number of aliphatic hydroxyl groups is 1. The summed E-state index contributed by atoms with van der Waals surface area (Å²) in [4.78, 5) is 51.0. The number of carbonyl (C=O) groups excluding carboxylic acids is 3. The number of guanidine groups is 1. The molecule has 0 saturated heterocycles. The zero-order valence-corrected chi connectivity index (χ0v) is 22.4. The van der Waals surface area contributed by atoms with E-state index in [1.54, 1.807) is 30.3 Å². The highest BCUT2D eigenvalue weighted by Gasteiger charge is 2.30. The van der Waals surface area contributed by atoms with Crippen molar-refractivity contribution in [2.24, 2.45) is 11.5 Å². The molecule has 0 aliphatic rings. The molecule has 14 heteroatoms. The molecule has 0 unspecified atom stereocenters. The average Bonchev–Trinajstić information content (AvgIpc) is 2.94. The number of aromatic hydroxyl groups is 1. The summed E-state index contributed by atoms with van der Waals surface area (Å²) in [5, 5.41) is 45.8. The fourth-order valence-corrected chi connectivity index (χ4v) is 3.83. The van der Waals surface area contributed by atoms with Crippen molar-refractivity contribution in [2.75, 3.05) is 13.2 Å². The molecule has 2 rings (SSSR count). The van der Waals surface area contributed by atoms with Gasteiger partial charge in [-0.05, 0) is 36.1 Å². The highest BCUT2D eigenvalue weighted by molar-refractivity contribution is 5.94. The Hall–Kier alpha value is -4.69. The van der Waals surface area contributed by atoms with Gasteiger partial charge >= 0.3 is 5.97 Å². The second-order valence-electron chi connectivity index (χ2n) is 9.35. The quantitative estimate of drug-likeness (QED) is 0.0621. The number of carbonyl (C=O) groups is 4. The number of hydrogen-bond acceptors (Lipinski definition) is 8. The van der Waals surface area contributed by atoms with Gasteiger partial charge in [0, 0.05) is 19.4 Å². The first kappa shape index (κ1) is 32.5. The molecule has 0 spiro atoms. The highest BCUT2D eigenvalue weighted by Crippen LogP contribution is 2.12. The van der Waals surface area contributed by atoms with Crippen LogP contribution in [0.2, 0.25) is 0 Å². The van der Waals surface area contributed by atoms with Crippen molar-refractivity contribution in [1.29, 1.82) is 5.41 Å². The summed E-state index contributed by atoms with van der Waals surface area (Å²) in [6.45, 7) is -0.421. The predicted molar refractivity (Wildman–Crippen MR) is 150 cm³/mol. The predicted octanol–water partition coefficient (Wildman–Crippen LogP) is -1.70. The van der Waals surface area contributed by atoms with Crippen LogP contribution in [-0.4, -0.2) is 82.3 Å². The highest BCUT2D eigenvalue weighted by atomic mass is 16.4. The topological polar surface area (TPSA) is 253 Å². The van der Waals surface area contributed by atoms with Crippen molar-refractivity contribution in [2.45, 2.75) is 49.9 Å². The molecule has 0 heterocycles. The van der Waals surface area contributed by atoms with Gasteiger partial charge in [-0.3, -0.25) is 19.8 Å². The van der Waals surface area contributed by atoms with E-state index in [-0.39, 0.29) is 37.5 Å². The minimum atomic E-state index is -1.34. The number of aliphatic hydroxyl groups excluding tert-OH is 1. The van der Waals surface area contributed by atoms with Crippen LogP contribution in [0.4, 0.5) is 0 Å². The number of carboxylic acids is 1. The lowest BCUT2D eigenvalue weighted by Crippen LogP contribution is -2.58. The molecular formula is C27H37N7O7. The number of aliphatic carboxylic acids is 1. The van der Waals surface area contributed by atoms with Gasteiger partial charge in [0.25, 0.3) is 0 Å². The van der Waals surface area contributed by atoms with E-state index in [9.17, 15) is 34.5 Å². The first-order chi connectivity index (χ1) is 19.5. The summed E-state index contributed by atoms with van der Waals surface area (Å²) in [5.74, 6) is -3.82. The lowest BCUT2D eigenvalue weighted by atomic mass is 10.0. The number of benzene rings is 2. The summed E-state index contributed by atoms with van der Waals surface area (Å²) in [6.07, 6.45) is 0.324. The Balaban J connectivity index is 2.24. The van der Waals surface area contributed by atoms with Crippen LogP contribution in [-0.2, 0) is 32.0 Å². The van der Waals surface area contributed by atoms with Crippen molar-refractivity contribution in [3.05, 3.63) is 65.7 Å². The van der Waals surface area contributed by atoms with Gasteiger partial charge in [0.1, 0.15) is 29.9 Å². The van der Waals surface area contributed by atoms with E-state index in [0.717, 1.165) is 0 Å². The van der Waals surface area contributed by atoms with Crippen molar-refractivity contribution < 1.29 is 34.5 Å². The van der Waals surface area contributed by atoms with Crippen LogP contribution in [0.15, 0.2) is 54.6 Å². The van der Waals surface area contributed by atoms with E-state index in [2.05, 4.69) is 21.3 Å². The monoisotopic (exact) mass is 571 g/mol. The molecule has 12 N–H and O–H groups in total. The first-order valence-corrected chi connectivity index (χ1v) is 12.9. The number of phenolic OH excluding ortho intramolecular Hbond substituents is 1. The third kappa shape index (κ3) is 11.5. The van der Waals surface area contributed by atoms with E-state index in [1.807, 2.05) is 0 Å². The van der Waals surface area contributed by atoms with Crippen LogP contribution in [0.25, 0.3) is 0 Å². The molecular weight excluding hydrogens is 534 g/mol. The minimum absolute atomic E-state index is 0.00830. The molecule has 2 aromatic carbocycles. The lowest BCUT2D eigenvalue weighted by molar-refractivity contribution is -0.142. The normalized spacial score (nSPS) is 13.6. The van der Waals surface area contributed by atoms with Crippen LogP contribution in [0.3, 0.4) is 0 Å². The molecule has 41 heavy (non-hydrogen) atoms. The molecule has 4 atom stereocenters. The van der Waals surface area contributed by atoms with Crippen LogP contribution in [0.1, 0.15) is 24.0 Å². The third-order valence-corrected chi connectivity index (χ3v) is 6.06. The first-order valence-electron chi connectivity index (χ1n) is 12.9. The fourth-order valence-electron chi connectivity index (χ4n) is 3.83. The van der Waals surface area contributed by atoms with Crippen LogP contribution < -0.4 is 32.7 Å². The van der Waals surface area contributed by atoms with E-state index in [1.165, 1.54) is 24.3 Å². The molecule has 3 amide bonds. The van der Waals surface area contributed by atoms with Gasteiger partial charge < -0.3 is 48.1 Å². The smallest absolute Gasteiger partial charge is 0.326 e. The minimum Gasteiger partial charge on any atom is -0.508 e. The molecule has 0 saturated carbocycles. The van der Waals surface area contributed by atoms with Gasteiger partial charge in [0.15, 0.2) is 5.96 Å². The molecule has 0 radical (unpaired) electrons. The van der Waals surface area contributed by atoms with Crippen LogP contribution in [0.5, 0.6) is 5.75 Å². The van der Waals surface area contributed by atoms with Gasteiger partial charge in [-0.2, -0.15) is 0 Å². The molecule has 0 bridgehead atoms. The molecule has 14 nitrogen and oxygen atoms in total. The number of hydrogen-bond donors (Lipinski definition) is 10. The van der Waals surface area contributed by atoms with Crippen molar-refractivity contribution >= 4 is 29.7 Å². The molecule has 222 valence electrons. The number of amides is 3. The van der Waals surface area contributed by atoms with Crippen molar-refractivity contribution in [3.8, 4) is 5.75 Å². The van der Waals surface area contributed by atoms with Gasteiger partial charge in [0.05, 0.1) is 6.61 Å². The Labute approximate surface area is 237 Å². The van der Waals surface area contributed by atoms with Crippen molar-refractivity contribution in [3.63, 3.8) is 0 Å². The molecule has 0 aromatic heterocycles. The summed E-state index contributed by atoms with van der Waals surface area (Å²) >= 11 is 0. The number of phenols is 1. The molecule has 0 aliphatic carbocycles. The zero-order chi connectivity index (χ0) is 30.4. The Kier molecular flexibility index (Phi) is 13.0. The SMILES string of the molecule is N=C(N)NCCC[C@H](NC(=O)[C@@H](N)CO)C(=O)N[C@@H](Cc1ccccc1)C(=O)N[C@@H](Cc1ccc(O)cc1)C(=O)O. The van der Waals surface area contributed by atoms with Crippen LogP contribution in [0, 0.1) is 5.41 Å². The summed E-state index contributed by atoms with van der Waals surface area (Å²) < 4.78 is 0. The number of carboxylic acid groups (broad SMARTS) is 1. The van der Waals surface area contributed by atoms with E-state index in [0.29, 0.717) is 17.5 Å². The number of rotatable bonds is 16. The average molecular weight is 572 g/mol. The largest absolute Gasteiger partial charge is 0.508 e. The molecule has 2 aromatic rings. The summed E-state index contributed by atoms with van der Waals surface area (Å²) in [5.41, 5.74) is 12.1. The van der Waals surface area contributed by atoms with E-state index < -0.39 is 54.5 Å². The fraction of sp³-hybridized carbons (Fsp3) is 0.370. The Morgan fingerprint density at radius 2 is 1.34 bits per heavy atom. The Morgan fingerprint density at radius 3 is 1.93 bits per heavy atom. The summed E-state index contributed by atoms with van der Waals surface area (Å²) in [7, 11) is 0. The van der Waals surface area contributed by atoms with Gasteiger partial charge in [-0.1, -0.05) is 42.5 Å². The van der Waals surface area contributed by atoms with Gasteiger partial charge in [-0.15, -0.1) is 0 Å². The maximum absolute atomic E-state index is 13.4. The number of nitrogens with two attached hydrogens (primary N) is 2. The zero-order valence-electron chi connectivity index (χ0n) is 22.4. The third-order valence-electron chi connectivity index (χ3n) is 6.06. The second kappa shape index (κ2) is 16.4. The number of nitrogens with one attached hydrogen (secondary N) is 5.